The molecular weight excluding hydrogens is 504 g/mol. The van der Waals surface area contributed by atoms with Crippen LogP contribution >= 0.6 is 0 Å². The predicted molar refractivity (Wildman–Crippen MR) is 145 cm³/mol. The highest BCUT2D eigenvalue weighted by molar-refractivity contribution is 5.71. The van der Waals surface area contributed by atoms with E-state index in [1.54, 1.807) is 7.11 Å². The van der Waals surface area contributed by atoms with E-state index in [1.165, 1.54) is 6.92 Å². The molecule has 3 rings (SSSR count). The van der Waals surface area contributed by atoms with Crippen LogP contribution in [-0.4, -0.2) is 74.9 Å². The molecular formula is C30H48O9. The Morgan fingerprint density at radius 3 is 2.38 bits per heavy atom. The van der Waals surface area contributed by atoms with Gasteiger partial charge in [0.1, 0.15) is 18.3 Å². The Kier molecular flexibility index (Phi) is 13.9. The number of cyclic esters (lactones) is 1. The summed E-state index contributed by atoms with van der Waals surface area (Å²) >= 11 is 0. The third kappa shape index (κ3) is 11.3. The molecule has 3 heterocycles. The minimum atomic E-state index is -0.846. The highest BCUT2D eigenvalue weighted by Crippen LogP contribution is 2.30. The lowest BCUT2D eigenvalue weighted by Gasteiger charge is -2.40. The van der Waals surface area contributed by atoms with Gasteiger partial charge in [-0.2, -0.15) is 0 Å². The first-order valence-corrected chi connectivity index (χ1v) is 14.6. The number of carbonyl (C=O) groups is 2. The van der Waals surface area contributed by atoms with Crippen molar-refractivity contribution in [3.05, 3.63) is 24.3 Å². The fraction of sp³-hybridized carbons (Fsp3) is 0.800. The molecule has 9 heteroatoms. The largest absolute Gasteiger partial charge is 0.462 e. The number of carbonyl (C=O) groups excluding carboxylic acids is 2. The molecule has 2 fully saturated rings. The monoisotopic (exact) mass is 552 g/mol. The fourth-order valence-electron chi connectivity index (χ4n) is 5.32. The maximum Gasteiger partial charge on any atom is 0.309 e. The minimum Gasteiger partial charge on any atom is -0.462 e. The van der Waals surface area contributed by atoms with Crippen LogP contribution in [0.2, 0.25) is 0 Å². The minimum absolute atomic E-state index is 0.0606. The first-order chi connectivity index (χ1) is 18.9. The summed E-state index contributed by atoms with van der Waals surface area (Å²) in [6.45, 7) is 5.90. The Morgan fingerprint density at radius 2 is 1.67 bits per heavy atom. The van der Waals surface area contributed by atoms with Gasteiger partial charge in [-0.25, -0.2) is 0 Å². The standard InChI is InChI=1S/C30H48O9/c1-21-14-10-8-6-5-7-9-11-15-25(30(33-4)26(37-23(3)31)20-27(32)35-21)39-29-18-17-24(22(2)36-29)38-28-16-12-13-19-34-28/h5-6,8,10,21-22,24-26,28-30H,7,9,11-20H2,1-4H3/b6-5-,10-8-. The van der Waals surface area contributed by atoms with E-state index in [9.17, 15) is 9.59 Å². The molecule has 0 spiro atoms. The molecule has 9 nitrogen and oxygen atoms in total. The van der Waals surface area contributed by atoms with Gasteiger partial charge in [-0.15, -0.1) is 0 Å². The van der Waals surface area contributed by atoms with Gasteiger partial charge in [-0.05, 0) is 58.8 Å². The van der Waals surface area contributed by atoms with Gasteiger partial charge in [0.25, 0.3) is 0 Å². The third-order valence-corrected chi connectivity index (χ3v) is 7.35. The average Bonchev–Trinajstić information content (AvgIpc) is 2.89. The predicted octanol–water partition coefficient (Wildman–Crippen LogP) is 5.15. The van der Waals surface area contributed by atoms with Gasteiger partial charge in [0.15, 0.2) is 12.6 Å². The SMILES string of the molecule is COC1C(OC(C)=O)CC(=O)OC(C)C/C=C\C=C/CCCCC1OC1CCC(OC2CCCCO2)C(C)O1. The van der Waals surface area contributed by atoms with Crippen molar-refractivity contribution < 1.29 is 42.7 Å². The van der Waals surface area contributed by atoms with Gasteiger partial charge >= 0.3 is 11.9 Å². The average molecular weight is 553 g/mol. The van der Waals surface area contributed by atoms with E-state index in [0.717, 1.165) is 51.6 Å². The molecule has 0 aromatic heterocycles. The molecule has 3 aliphatic heterocycles. The molecule has 8 atom stereocenters. The molecule has 0 amide bonds. The van der Waals surface area contributed by atoms with Crippen LogP contribution in [0.3, 0.4) is 0 Å². The van der Waals surface area contributed by atoms with Crippen molar-refractivity contribution in [1.82, 2.24) is 0 Å². The number of hydrogen-bond acceptors (Lipinski definition) is 9. The first-order valence-electron chi connectivity index (χ1n) is 14.6. The number of ether oxygens (including phenoxy) is 7. The second kappa shape index (κ2) is 17.1. The van der Waals surface area contributed by atoms with Gasteiger partial charge in [0.05, 0.1) is 24.7 Å². The van der Waals surface area contributed by atoms with Crippen LogP contribution in [0.15, 0.2) is 24.3 Å². The van der Waals surface area contributed by atoms with E-state index >= 15 is 0 Å². The number of allylic oxidation sites excluding steroid dienone is 3. The van der Waals surface area contributed by atoms with Crippen molar-refractivity contribution in [1.29, 1.82) is 0 Å². The fourth-order valence-corrected chi connectivity index (χ4v) is 5.32. The van der Waals surface area contributed by atoms with Gasteiger partial charge in [0, 0.05) is 33.5 Å². The highest BCUT2D eigenvalue weighted by Gasteiger charge is 2.39. The van der Waals surface area contributed by atoms with Gasteiger partial charge < -0.3 is 33.2 Å². The summed E-state index contributed by atoms with van der Waals surface area (Å²) in [6, 6.07) is 0. The zero-order valence-corrected chi connectivity index (χ0v) is 24.1. The van der Waals surface area contributed by atoms with Crippen molar-refractivity contribution in [2.45, 2.75) is 141 Å². The van der Waals surface area contributed by atoms with E-state index < -0.39 is 36.5 Å². The van der Waals surface area contributed by atoms with Crippen molar-refractivity contribution in [2.75, 3.05) is 13.7 Å². The third-order valence-electron chi connectivity index (χ3n) is 7.35. The van der Waals surface area contributed by atoms with Crippen molar-refractivity contribution in [3.63, 3.8) is 0 Å². The van der Waals surface area contributed by atoms with Crippen LogP contribution in [0.25, 0.3) is 0 Å². The Bertz CT molecular complexity index is 791. The number of rotatable bonds is 6. The Balaban J connectivity index is 1.69. The van der Waals surface area contributed by atoms with Crippen LogP contribution in [0.5, 0.6) is 0 Å². The molecule has 0 aromatic carbocycles. The van der Waals surface area contributed by atoms with Crippen LogP contribution in [0.4, 0.5) is 0 Å². The molecule has 0 aromatic rings. The first kappa shape index (κ1) is 31.7. The normalized spacial score (nSPS) is 37.4. The maximum atomic E-state index is 12.8. The van der Waals surface area contributed by atoms with Gasteiger partial charge in [-0.1, -0.05) is 30.7 Å². The van der Waals surface area contributed by atoms with Crippen molar-refractivity contribution in [3.8, 4) is 0 Å². The Labute approximate surface area is 233 Å². The number of esters is 2. The summed E-state index contributed by atoms with van der Waals surface area (Å²) in [5, 5.41) is 0. The number of hydrogen-bond donors (Lipinski definition) is 0. The molecule has 222 valence electrons. The summed E-state index contributed by atoms with van der Waals surface area (Å²) < 4.78 is 41.7. The van der Waals surface area contributed by atoms with E-state index in [0.29, 0.717) is 19.3 Å². The van der Waals surface area contributed by atoms with Crippen LogP contribution < -0.4 is 0 Å². The summed E-state index contributed by atoms with van der Waals surface area (Å²) in [6.07, 6.45) is 13.5. The lowest BCUT2D eigenvalue weighted by atomic mass is 9.98. The van der Waals surface area contributed by atoms with Gasteiger partial charge in [-0.3, -0.25) is 9.59 Å². The zero-order chi connectivity index (χ0) is 28.0. The second-order valence-electron chi connectivity index (χ2n) is 10.7. The zero-order valence-electron chi connectivity index (χ0n) is 24.1. The van der Waals surface area contributed by atoms with E-state index in [4.69, 9.17) is 33.2 Å². The van der Waals surface area contributed by atoms with Crippen molar-refractivity contribution in [2.24, 2.45) is 0 Å². The van der Waals surface area contributed by atoms with Crippen molar-refractivity contribution >= 4 is 11.9 Å². The number of methoxy groups -OCH3 is 1. The molecule has 8 unspecified atom stereocenters. The summed E-state index contributed by atoms with van der Waals surface area (Å²) in [7, 11) is 1.55. The van der Waals surface area contributed by atoms with E-state index in [-0.39, 0.29) is 31.0 Å². The molecule has 0 bridgehead atoms. The molecule has 2 saturated heterocycles. The van der Waals surface area contributed by atoms with E-state index in [2.05, 4.69) is 6.08 Å². The second-order valence-corrected chi connectivity index (χ2v) is 10.7. The quantitative estimate of drug-likeness (QED) is 0.414. The van der Waals surface area contributed by atoms with Gasteiger partial charge in [0.2, 0.25) is 0 Å². The summed E-state index contributed by atoms with van der Waals surface area (Å²) in [4.78, 5) is 24.8. The maximum absolute atomic E-state index is 12.8. The molecule has 0 radical (unpaired) electrons. The molecule has 0 saturated carbocycles. The van der Waals surface area contributed by atoms with Crippen LogP contribution in [-0.2, 0) is 42.7 Å². The Morgan fingerprint density at radius 1 is 0.897 bits per heavy atom. The summed E-state index contributed by atoms with van der Waals surface area (Å²) in [5.74, 6) is -0.936. The lowest BCUT2D eigenvalue weighted by molar-refractivity contribution is -0.282. The molecule has 3 aliphatic rings. The van der Waals surface area contributed by atoms with Crippen LogP contribution in [0.1, 0.15) is 91.4 Å². The lowest BCUT2D eigenvalue weighted by Crippen LogP contribution is -2.48. The molecule has 0 aliphatic carbocycles. The topological polar surface area (TPSA) is 98.8 Å². The van der Waals surface area contributed by atoms with Crippen LogP contribution in [0, 0.1) is 0 Å². The highest BCUT2D eigenvalue weighted by atomic mass is 16.7. The molecule has 39 heavy (non-hydrogen) atoms. The Hall–Kier alpha value is -1.78. The molecule has 0 N–H and O–H groups in total. The van der Waals surface area contributed by atoms with E-state index in [1.807, 2.05) is 32.1 Å². The smallest absolute Gasteiger partial charge is 0.309 e. The summed E-state index contributed by atoms with van der Waals surface area (Å²) in [5.41, 5.74) is 0.